The van der Waals surface area contributed by atoms with Crippen LogP contribution in [0.4, 0.5) is 0 Å². The van der Waals surface area contributed by atoms with Crippen LogP contribution in [0.1, 0.15) is 21.3 Å². The normalized spacial score (nSPS) is 15.3. The van der Waals surface area contributed by atoms with E-state index < -0.39 is 0 Å². The Morgan fingerprint density at radius 1 is 1.13 bits per heavy atom. The fraction of sp³-hybridized carbons (Fsp3) is 0.429. The Morgan fingerprint density at radius 3 is 2.43 bits per heavy atom. The van der Waals surface area contributed by atoms with E-state index in [1.165, 1.54) is 19.1 Å². The van der Waals surface area contributed by atoms with Crippen molar-refractivity contribution in [3.8, 4) is 11.5 Å². The van der Waals surface area contributed by atoms with Gasteiger partial charge in [0.15, 0.2) is 0 Å². The molecule has 30 heavy (non-hydrogen) atoms. The van der Waals surface area contributed by atoms with Gasteiger partial charge in [0.25, 0.3) is 5.91 Å². The molecule has 1 atom stereocenters. The first-order chi connectivity index (χ1) is 14.6. The zero-order valence-corrected chi connectivity index (χ0v) is 18.0. The minimum absolute atomic E-state index is 0.0937. The fourth-order valence-corrected chi connectivity index (χ4v) is 4.11. The molecular weight excluding hydrogens is 406 g/mol. The summed E-state index contributed by atoms with van der Waals surface area (Å²) in [6, 6.07) is 9.06. The third-order valence-electron chi connectivity index (χ3n) is 4.87. The van der Waals surface area contributed by atoms with Crippen molar-refractivity contribution in [2.45, 2.75) is 6.04 Å². The summed E-state index contributed by atoms with van der Waals surface area (Å²) in [5.41, 5.74) is 0.365. The molecule has 1 aromatic carbocycles. The van der Waals surface area contributed by atoms with Gasteiger partial charge in [0.1, 0.15) is 11.5 Å². The predicted octanol–water partition coefficient (Wildman–Crippen LogP) is 1.68. The Kier molecular flexibility index (Phi) is 8.06. The molecule has 1 unspecified atom stereocenters. The number of methoxy groups -OCH3 is 2. The molecule has 3 rings (SSSR count). The molecule has 0 bridgehead atoms. The maximum atomic E-state index is 12.4. The summed E-state index contributed by atoms with van der Waals surface area (Å²) in [4.78, 5) is 28.3. The Hall–Kier alpha value is -2.62. The second-order valence-corrected chi connectivity index (χ2v) is 7.75. The Bertz CT molecular complexity index is 815. The topological polar surface area (TPSA) is 89.1 Å². The van der Waals surface area contributed by atoms with E-state index in [1.54, 1.807) is 29.5 Å². The number of nitrogens with zero attached hydrogens (tertiary/aromatic N) is 1. The third-order valence-corrected chi connectivity index (χ3v) is 5.85. The first kappa shape index (κ1) is 22.1. The van der Waals surface area contributed by atoms with Crippen LogP contribution in [0.3, 0.4) is 0 Å². The molecular formula is C21H27N3O5S. The maximum absolute atomic E-state index is 12.4. The zero-order valence-electron chi connectivity index (χ0n) is 17.2. The summed E-state index contributed by atoms with van der Waals surface area (Å²) >= 11 is 1.67. The van der Waals surface area contributed by atoms with Crippen molar-refractivity contribution in [1.29, 1.82) is 0 Å². The van der Waals surface area contributed by atoms with Crippen LogP contribution in [0.15, 0.2) is 35.7 Å². The summed E-state index contributed by atoms with van der Waals surface area (Å²) < 4.78 is 15.8. The summed E-state index contributed by atoms with van der Waals surface area (Å²) in [7, 11) is 3.03. The lowest BCUT2D eigenvalue weighted by Crippen LogP contribution is -2.45. The lowest BCUT2D eigenvalue weighted by molar-refractivity contribution is -0.120. The third kappa shape index (κ3) is 5.94. The fourth-order valence-electron chi connectivity index (χ4n) is 3.25. The van der Waals surface area contributed by atoms with Crippen molar-refractivity contribution in [1.82, 2.24) is 15.5 Å². The van der Waals surface area contributed by atoms with Gasteiger partial charge in [-0.1, -0.05) is 6.07 Å². The molecule has 1 aromatic heterocycles. The molecule has 0 spiro atoms. The molecule has 2 amide bonds. The number of carbonyl (C=O) groups excluding carboxylic acids is 2. The van der Waals surface area contributed by atoms with Crippen LogP contribution >= 0.6 is 11.3 Å². The summed E-state index contributed by atoms with van der Waals surface area (Å²) in [6.45, 7) is 3.40. The molecule has 1 aliphatic heterocycles. The number of ether oxygens (including phenoxy) is 3. The standard InChI is InChI=1S/C21H27N3O5S/c1-27-16-10-15(11-17(12-16)28-2)21(26)23-14-20(25)22-13-18(19-4-3-9-30-19)24-5-7-29-8-6-24/h3-4,9-12,18H,5-8,13-14H2,1-2H3,(H,22,25)(H,23,26). The molecule has 2 heterocycles. The highest BCUT2D eigenvalue weighted by Gasteiger charge is 2.24. The first-order valence-corrected chi connectivity index (χ1v) is 10.6. The van der Waals surface area contributed by atoms with Crippen molar-refractivity contribution < 1.29 is 23.8 Å². The minimum atomic E-state index is -0.370. The average molecular weight is 434 g/mol. The van der Waals surface area contributed by atoms with Crippen LogP contribution in [0.5, 0.6) is 11.5 Å². The SMILES string of the molecule is COc1cc(OC)cc(C(=O)NCC(=O)NCC(c2cccs2)N2CCOCC2)c1. The number of carbonyl (C=O) groups is 2. The number of nitrogens with one attached hydrogen (secondary N) is 2. The smallest absolute Gasteiger partial charge is 0.251 e. The lowest BCUT2D eigenvalue weighted by atomic mass is 10.2. The molecule has 162 valence electrons. The highest BCUT2D eigenvalue weighted by Crippen LogP contribution is 2.25. The van der Waals surface area contributed by atoms with Crippen molar-refractivity contribution in [2.24, 2.45) is 0 Å². The van der Waals surface area contributed by atoms with Crippen molar-refractivity contribution >= 4 is 23.2 Å². The zero-order chi connectivity index (χ0) is 21.3. The molecule has 2 N–H and O–H groups in total. The van der Waals surface area contributed by atoms with Crippen molar-refractivity contribution in [3.63, 3.8) is 0 Å². The summed E-state index contributed by atoms with van der Waals surface area (Å²) in [5.74, 6) is 0.403. The Labute approximate surface area is 180 Å². The average Bonchev–Trinajstić information content (AvgIpc) is 3.32. The highest BCUT2D eigenvalue weighted by molar-refractivity contribution is 7.10. The Morgan fingerprint density at radius 2 is 1.83 bits per heavy atom. The summed E-state index contributed by atoms with van der Waals surface area (Å²) in [5, 5.41) is 7.62. The van der Waals surface area contributed by atoms with Gasteiger partial charge in [0, 0.05) is 36.1 Å². The van der Waals surface area contributed by atoms with Gasteiger partial charge in [-0.25, -0.2) is 0 Å². The Balaban J connectivity index is 1.54. The van der Waals surface area contributed by atoms with E-state index >= 15 is 0 Å². The van der Waals surface area contributed by atoms with Crippen LogP contribution in [-0.4, -0.2) is 70.3 Å². The van der Waals surface area contributed by atoms with Gasteiger partial charge in [-0.15, -0.1) is 11.3 Å². The van der Waals surface area contributed by atoms with E-state index in [4.69, 9.17) is 14.2 Å². The van der Waals surface area contributed by atoms with Gasteiger partial charge >= 0.3 is 0 Å². The second kappa shape index (κ2) is 11.0. The largest absolute Gasteiger partial charge is 0.497 e. The quantitative estimate of drug-likeness (QED) is 0.626. The van der Waals surface area contributed by atoms with Crippen LogP contribution in [0.2, 0.25) is 0 Å². The van der Waals surface area contributed by atoms with E-state index in [9.17, 15) is 9.59 Å². The molecule has 9 heteroatoms. The lowest BCUT2D eigenvalue weighted by Gasteiger charge is -2.34. The number of hydrogen-bond donors (Lipinski definition) is 2. The van der Waals surface area contributed by atoms with Gasteiger partial charge in [-0.05, 0) is 23.6 Å². The minimum Gasteiger partial charge on any atom is -0.497 e. The number of morpholine rings is 1. The van der Waals surface area contributed by atoms with Gasteiger partial charge in [0.2, 0.25) is 5.91 Å². The first-order valence-electron chi connectivity index (χ1n) is 9.74. The van der Waals surface area contributed by atoms with Gasteiger partial charge in [-0.3, -0.25) is 14.5 Å². The van der Waals surface area contributed by atoms with E-state index in [2.05, 4.69) is 21.6 Å². The van der Waals surface area contributed by atoms with Gasteiger partial charge in [0.05, 0.1) is 40.0 Å². The van der Waals surface area contributed by atoms with Crippen LogP contribution < -0.4 is 20.1 Å². The van der Waals surface area contributed by atoms with E-state index in [1.807, 2.05) is 11.4 Å². The van der Waals surface area contributed by atoms with E-state index in [-0.39, 0.29) is 24.4 Å². The molecule has 2 aromatic rings. The van der Waals surface area contributed by atoms with E-state index in [0.29, 0.717) is 36.8 Å². The molecule has 1 aliphatic rings. The predicted molar refractivity (Wildman–Crippen MR) is 114 cm³/mol. The molecule has 0 radical (unpaired) electrons. The molecule has 0 aliphatic carbocycles. The number of thiophene rings is 1. The van der Waals surface area contributed by atoms with Crippen molar-refractivity contribution in [2.75, 3.05) is 53.6 Å². The van der Waals surface area contributed by atoms with Crippen molar-refractivity contribution in [3.05, 3.63) is 46.2 Å². The highest BCUT2D eigenvalue weighted by atomic mass is 32.1. The maximum Gasteiger partial charge on any atom is 0.251 e. The van der Waals surface area contributed by atoms with Crippen LogP contribution in [0, 0.1) is 0 Å². The van der Waals surface area contributed by atoms with Crippen LogP contribution in [-0.2, 0) is 9.53 Å². The number of amides is 2. The van der Waals surface area contributed by atoms with Gasteiger partial charge in [-0.2, -0.15) is 0 Å². The number of benzene rings is 1. The molecule has 1 fully saturated rings. The number of rotatable bonds is 9. The monoisotopic (exact) mass is 433 g/mol. The second-order valence-electron chi connectivity index (χ2n) is 6.77. The molecule has 8 nitrogen and oxygen atoms in total. The molecule has 0 saturated carbocycles. The number of hydrogen-bond acceptors (Lipinski definition) is 7. The summed E-state index contributed by atoms with van der Waals surface area (Å²) in [6.07, 6.45) is 0. The molecule has 1 saturated heterocycles. The van der Waals surface area contributed by atoms with Gasteiger partial charge < -0.3 is 24.8 Å². The van der Waals surface area contributed by atoms with Crippen LogP contribution in [0.25, 0.3) is 0 Å². The van der Waals surface area contributed by atoms with E-state index in [0.717, 1.165) is 13.1 Å².